The lowest BCUT2D eigenvalue weighted by Crippen LogP contribution is -3.12. The van der Waals surface area contributed by atoms with Crippen molar-refractivity contribution in [2.45, 2.75) is 13.5 Å². The Morgan fingerprint density at radius 3 is 2.36 bits per heavy atom. The Labute approximate surface area is 164 Å². The summed E-state index contributed by atoms with van der Waals surface area (Å²) in [5.41, 5.74) is 2.60. The Bertz CT molecular complexity index is 1060. The van der Waals surface area contributed by atoms with Crippen LogP contribution < -0.4 is 10.5 Å². The number of carbonyl (C=O) groups is 1. The predicted molar refractivity (Wildman–Crippen MR) is 109 cm³/mol. The number of hydrogen-bond acceptors (Lipinski definition) is 3. The van der Waals surface area contributed by atoms with E-state index in [1.807, 2.05) is 54.3 Å². The molecule has 0 saturated carbocycles. The first kappa shape index (κ1) is 18.4. The van der Waals surface area contributed by atoms with Crippen molar-refractivity contribution in [3.8, 4) is 11.3 Å². The molecule has 1 aliphatic rings. The van der Waals surface area contributed by atoms with Gasteiger partial charge < -0.3 is 9.80 Å². The van der Waals surface area contributed by atoms with Gasteiger partial charge in [0.05, 0.1) is 44.3 Å². The van der Waals surface area contributed by atoms with Gasteiger partial charge in [0.15, 0.2) is 0 Å². The number of aromatic nitrogens is 2. The first-order valence-electron chi connectivity index (χ1n) is 9.69. The maximum Gasteiger partial charge on any atom is 0.275 e. The van der Waals surface area contributed by atoms with Crippen LogP contribution in [0.25, 0.3) is 22.0 Å². The number of nitrogens with one attached hydrogen (secondary N) is 1. The molecule has 3 aromatic rings. The molecule has 1 aromatic heterocycles. The highest BCUT2D eigenvalue weighted by molar-refractivity contribution is 5.93. The van der Waals surface area contributed by atoms with E-state index >= 15 is 0 Å². The van der Waals surface area contributed by atoms with Gasteiger partial charge >= 0.3 is 0 Å². The van der Waals surface area contributed by atoms with Gasteiger partial charge in [-0.3, -0.25) is 9.59 Å². The van der Waals surface area contributed by atoms with Crippen molar-refractivity contribution in [3.05, 3.63) is 64.4 Å². The summed E-state index contributed by atoms with van der Waals surface area (Å²) in [4.78, 5) is 29.0. The van der Waals surface area contributed by atoms with E-state index in [4.69, 9.17) is 0 Å². The Balaban J connectivity index is 1.74. The van der Waals surface area contributed by atoms with Crippen LogP contribution in [0, 0.1) is 6.92 Å². The summed E-state index contributed by atoms with van der Waals surface area (Å²) in [5, 5.41) is 6.00. The Hall–Kier alpha value is -2.99. The highest BCUT2D eigenvalue weighted by atomic mass is 16.2. The predicted octanol–water partition coefficient (Wildman–Crippen LogP) is 0.729. The molecule has 0 radical (unpaired) electrons. The maximum absolute atomic E-state index is 13.0. The second-order valence-corrected chi connectivity index (χ2v) is 7.56. The normalized spacial score (nSPS) is 15.1. The van der Waals surface area contributed by atoms with Gasteiger partial charge in [-0.15, -0.1) is 0 Å². The first-order chi connectivity index (χ1) is 13.5. The van der Waals surface area contributed by atoms with E-state index in [-0.39, 0.29) is 18.0 Å². The van der Waals surface area contributed by atoms with Gasteiger partial charge in [0, 0.05) is 10.9 Å². The lowest BCUT2D eigenvalue weighted by Gasteiger charge is -2.30. The van der Waals surface area contributed by atoms with Gasteiger partial charge in [-0.1, -0.05) is 48.0 Å². The van der Waals surface area contributed by atoms with Crippen LogP contribution in [0.5, 0.6) is 0 Å². The standard InChI is InChI=1S/C22H24N4O2/c1-16-7-9-17(10-8-16)21-18-5-3-4-6-19(18)22(28)26(23-21)15-20(27)25-13-11-24(2)12-14-25/h3-10H,11-15H2,1-2H3/p+1. The van der Waals surface area contributed by atoms with E-state index in [1.165, 1.54) is 9.58 Å². The maximum atomic E-state index is 13.0. The third-order valence-electron chi connectivity index (χ3n) is 5.45. The Morgan fingerprint density at radius 1 is 1.04 bits per heavy atom. The molecule has 1 fully saturated rings. The zero-order valence-electron chi connectivity index (χ0n) is 16.3. The molecule has 2 heterocycles. The highest BCUT2D eigenvalue weighted by Crippen LogP contribution is 2.24. The summed E-state index contributed by atoms with van der Waals surface area (Å²) < 4.78 is 1.32. The summed E-state index contributed by atoms with van der Waals surface area (Å²) in [6.45, 7) is 5.31. The topological polar surface area (TPSA) is 59.6 Å². The minimum absolute atomic E-state index is 0.0262. The number of piperazine rings is 1. The smallest absolute Gasteiger partial charge is 0.275 e. The summed E-state index contributed by atoms with van der Waals surface area (Å²) in [6, 6.07) is 15.5. The number of benzene rings is 2. The minimum atomic E-state index is -0.223. The minimum Gasteiger partial charge on any atom is -0.334 e. The number of aryl methyl sites for hydroxylation is 1. The number of likely N-dealkylation sites (N-methyl/N-ethyl adjacent to an activating group) is 1. The molecule has 1 saturated heterocycles. The van der Waals surface area contributed by atoms with E-state index in [0.717, 1.165) is 48.4 Å². The second kappa shape index (κ2) is 7.56. The number of amides is 1. The number of nitrogens with zero attached hydrogens (tertiary/aromatic N) is 3. The monoisotopic (exact) mass is 377 g/mol. The van der Waals surface area contributed by atoms with Crippen molar-refractivity contribution in [1.29, 1.82) is 0 Å². The van der Waals surface area contributed by atoms with E-state index in [1.54, 1.807) is 6.07 Å². The van der Waals surface area contributed by atoms with Gasteiger partial charge in [0.1, 0.15) is 6.54 Å². The Kier molecular flexibility index (Phi) is 4.96. The number of quaternary nitrogens is 1. The third-order valence-corrected chi connectivity index (χ3v) is 5.45. The molecule has 0 aliphatic carbocycles. The number of hydrogen-bond donors (Lipinski definition) is 1. The summed E-state index contributed by atoms with van der Waals surface area (Å²) in [6.07, 6.45) is 0. The fraction of sp³-hybridized carbons (Fsp3) is 0.318. The van der Waals surface area contributed by atoms with Crippen molar-refractivity contribution in [2.75, 3.05) is 33.2 Å². The van der Waals surface area contributed by atoms with E-state index in [0.29, 0.717) is 5.39 Å². The molecule has 28 heavy (non-hydrogen) atoms. The van der Waals surface area contributed by atoms with Crippen molar-refractivity contribution in [2.24, 2.45) is 0 Å². The van der Waals surface area contributed by atoms with Crippen molar-refractivity contribution < 1.29 is 9.69 Å². The molecule has 1 N–H and O–H groups in total. The molecule has 2 aromatic carbocycles. The van der Waals surface area contributed by atoms with Crippen LogP contribution >= 0.6 is 0 Å². The third kappa shape index (κ3) is 3.55. The van der Waals surface area contributed by atoms with Crippen LogP contribution in [0.3, 0.4) is 0 Å². The van der Waals surface area contributed by atoms with Crippen molar-refractivity contribution >= 4 is 16.7 Å². The molecule has 0 unspecified atom stereocenters. The van der Waals surface area contributed by atoms with Crippen molar-refractivity contribution in [1.82, 2.24) is 14.7 Å². The van der Waals surface area contributed by atoms with E-state index in [2.05, 4.69) is 12.1 Å². The van der Waals surface area contributed by atoms with Crippen LogP contribution in [-0.2, 0) is 11.3 Å². The van der Waals surface area contributed by atoms with Crippen LogP contribution in [0.15, 0.2) is 53.3 Å². The average molecular weight is 377 g/mol. The van der Waals surface area contributed by atoms with Gasteiger partial charge in [0.2, 0.25) is 5.91 Å². The fourth-order valence-electron chi connectivity index (χ4n) is 3.63. The van der Waals surface area contributed by atoms with E-state index < -0.39 is 0 Å². The van der Waals surface area contributed by atoms with Gasteiger partial charge in [-0.2, -0.15) is 5.10 Å². The second-order valence-electron chi connectivity index (χ2n) is 7.56. The van der Waals surface area contributed by atoms with E-state index in [9.17, 15) is 9.59 Å². The molecular weight excluding hydrogens is 352 g/mol. The molecule has 6 heteroatoms. The van der Waals surface area contributed by atoms with Gasteiger partial charge in [-0.05, 0) is 13.0 Å². The number of rotatable bonds is 3. The molecule has 6 nitrogen and oxygen atoms in total. The Morgan fingerprint density at radius 2 is 1.68 bits per heavy atom. The molecule has 4 rings (SSSR count). The van der Waals surface area contributed by atoms with Crippen LogP contribution in [0.1, 0.15) is 5.56 Å². The van der Waals surface area contributed by atoms with Crippen molar-refractivity contribution in [3.63, 3.8) is 0 Å². The molecule has 144 valence electrons. The van der Waals surface area contributed by atoms with Gasteiger partial charge in [0.25, 0.3) is 5.56 Å². The average Bonchev–Trinajstić information content (AvgIpc) is 2.71. The summed E-state index contributed by atoms with van der Waals surface area (Å²) >= 11 is 0. The lowest BCUT2D eigenvalue weighted by atomic mass is 10.0. The summed E-state index contributed by atoms with van der Waals surface area (Å²) in [5.74, 6) is -0.0489. The zero-order valence-corrected chi connectivity index (χ0v) is 16.3. The number of carbonyl (C=O) groups excluding carboxylic acids is 1. The molecule has 1 aliphatic heterocycles. The summed E-state index contributed by atoms with van der Waals surface area (Å²) in [7, 11) is 2.13. The largest absolute Gasteiger partial charge is 0.334 e. The number of fused-ring (bicyclic) bond motifs is 1. The lowest BCUT2D eigenvalue weighted by molar-refractivity contribution is -0.883. The molecule has 1 amide bonds. The molecule has 0 bridgehead atoms. The quantitative estimate of drug-likeness (QED) is 0.732. The first-order valence-corrected chi connectivity index (χ1v) is 9.69. The van der Waals surface area contributed by atoms with Crippen LogP contribution in [0.2, 0.25) is 0 Å². The molecule has 0 spiro atoms. The van der Waals surface area contributed by atoms with Gasteiger partial charge in [-0.25, -0.2) is 4.68 Å². The highest BCUT2D eigenvalue weighted by Gasteiger charge is 2.23. The molecular formula is C22H25N4O2+. The SMILES string of the molecule is Cc1ccc(-c2nn(CC(=O)N3CC[NH+](C)CC3)c(=O)c3ccccc23)cc1. The van der Waals surface area contributed by atoms with Crippen LogP contribution in [-0.4, -0.2) is 53.8 Å². The fourth-order valence-corrected chi connectivity index (χ4v) is 3.63. The molecule has 0 atom stereocenters. The van der Waals surface area contributed by atoms with Crippen LogP contribution in [0.4, 0.5) is 0 Å². The zero-order chi connectivity index (χ0) is 19.7.